The minimum Gasteiger partial charge on any atom is -0.372 e. The van der Waals surface area contributed by atoms with E-state index >= 15 is 0 Å². The van der Waals surface area contributed by atoms with E-state index in [1.165, 1.54) is 0 Å². The van der Waals surface area contributed by atoms with Crippen molar-refractivity contribution in [2.75, 3.05) is 26.2 Å². The molecular formula is C19H28N2O4S. The van der Waals surface area contributed by atoms with Gasteiger partial charge in [0.2, 0.25) is 10.0 Å². The maximum absolute atomic E-state index is 12.8. The number of carbonyl (C=O) groups is 1. The molecule has 0 aliphatic carbocycles. The highest BCUT2D eigenvalue weighted by Crippen LogP contribution is 2.21. The van der Waals surface area contributed by atoms with Crippen molar-refractivity contribution in [3.63, 3.8) is 0 Å². The van der Waals surface area contributed by atoms with Crippen LogP contribution in [0.2, 0.25) is 0 Å². The van der Waals surface area contributed by atoms with Gasteiger partial charge in [0.1, 0.15) is 0 Å². The van der Waals surface area contributed by atoms with Gasteiger partial charge in [-0.2, -0.15) is 4.31 Å². The van der Waals surface area contributed by atoms with Crippen LogP contribution in [0.3, 0.4) is 0 Å². The van der Waals surface area contributed by atoms with Crippen molar-refractivity contribution in [3.8, 4) is 0 Å². The van der Waals surface area contributed by atoms with Gasteiger partial charge in [-0.05, 0) is 51.0 Å². The minimum absolute atomic E-state index is 0.00499. The number of benzene rings is 1. The third kappa shape index (κ3) is 4.27. The summed E-state index contributed by atoms with van der Waals surface area (Å²) >= 11 is 0. The maximum atomic E-state index is 12.8. The summed E-state index contributed by atoms with van der Waals surface area (Å²) in [7, 11) is -3.48. The first-order valence-electron chi connectivity index (χ1n) is 9.43. The van der Waals surface area contributed by atoms with E-state index in [9.17, 15) is 13.2 Å². The molecule has 144 valence electrons. The number of nitrogens with zero attached hydrogens (tertiary/aromatic N) is 2. The lowest BCUT2D eigenvalue weighted by molar-refractivity contribution is -0.0586. The molecule has 0 bridgehead atoms. The predicted octanol–water partition coefficient (Wildman–Crippen LogP) is 2.50. The molecule has 3 rings (SSSR count). The fourth-order valence-electron chi connectivity index (χ4n) is 3.73. The van der Waals surface area contributed by atoms with E-state index in [-0.39, 0.29) is 23.0 Å². The number of hydrogen-bond acceptors (Lipinski definition) is 4. The lowest BCUT2D eigenvalue weighted by Crippen LogP contribution is -2.48. The van der Waals surface area contributed by atoms with Gasteiger partial charge in [-0.3, -0.25) is 4.79 Å². The summed E-state index contributed by atoms with van der Waals surface area (Å²) in [6.45, 7) is 6.16. The average molecular weight is 381 g/mol. The van der Waals surface area contributed by atoms with Crippen LogP contribution in [0.1, 0.15) is 49.9 Å². The Labute approximate surface area is 156 Å². The number of hydrogen-bond donors (Lipinski definition) is 0. The summed E-state index contributed by atoms with van der Waals surface area (Å²) < 4.78 is 32.9. The van der Waals surface area contributed by atoms with E-state index in [1.807, 2.05) is 13.8 Å². The van der Waals surface area contributed by atoms with Gasteiger partial charge in [0, 0.05) is 31.7 Å². The highest BCUT2D eigenvalue weighted by atomic mass is 32.2. The molecule has 1 amide bonds. The molecule has 2 atom stereocenters. The van der Waals surface area contributed by atoms with Crippen molar-refractivity contribution in [2.24, 2.45) is 0 Å². The van der Waals surface area contributed by atoms with Gasteiger partial charge in [-0.15, -0.1) is 0 Å². The van der Waals surface area contributed by atoms with Crippen LogP contribution in [0.4, 0.5) is 0 Å². The van der Waals surface area contributed by atoms with Crippen LogP contribution in [0.5, 0.6) is 0 Å². The SMILES string of the molecule is C[C@H]1CN(C(=O)c2ccc(S(=O)(=O)N3CCCCCC3)cc2)C[C@H](C)O1. The van der Waals surface area contributed by atoms with Crippen LogP contribution in [0.25, 0.3) is 0 Å². The monoisotopic (exact) mass is 380 g/mol. The standard InChI is InChI=1S/C19H28N2O4S/c1-15-13-20(14-16(2)25-15)19(22)17-7-9-18(10-8-17)26(23,24)21-11-5-3-4-6-12-21/h7-10,15-16H,3-6,11-14H2,1-2H3/t15-,16-/m0/s1. The van der Waals surface area contributed by atoms with Crippen LogP contribution in [0.15, 0.2) is 29.2 Å². The molecule has 2 fully saturated rings. The second-order valence-electron chi connectivity index (χ2n) is 7.31. The Morgan fingerprint density at radius 2 is 1.50 bits per heavy atom. The van der Waals surface area contributed by atoms with Gasteiger partial charge in [0.05, 0.1) is 17.1 Å². The zero-order valence-corrected chi connectivity index (χ0v) is 16.4. The molecule has 26 heavy (non-hydrogen) atoms. The maximum Gasteiger partial charge on any atom is 0.254 e. The Morgan fingerprint density at radius 1 is 0.962 bits per heavy atom. The summed E-state index contributed by atoms with van der Waals surface area (Å²) in [6.07, 6.45) is 3.98. The molecule has 0 N–H and O–H groups in total. The van der Waals surface area contributed by atoms with Gasteiger partial charge >= 0.3 is 0 Å². The molecule has 0 radical (unpaired) electrons. The Balaban J connectivity index is 1.74. The minimum atomic E-state index is -3.48. The van der Waals surface area contributed by atoms with Crippen molar-refractivity contribution >= 4 is 15.9 Å². The number of ether oxygens (including phenoxy) is 1. The van der Waals surface area contributed by atoms with E-state index in [4.69, 9.17) is 4.74 Å². The lowest BCUT2D eigenvalue weighted by Gasteiger charge is -2.35. The highest BCUT2D eigenvalue weighted by Gasteiger charge is 2.28. The zero-order chi connectivity index (χ0) is 18.7. The molecule has 2 saturated heterocycles. The molecule has 2 aliphatic rings. The lowest BCUT2D eigenvalue weighted by atomic mass is 10.1. The zero-order valence-electron chi connectivity index (χ0n) is 15.6. The number of rotatable bonds is 3. The van der Waals surface area contributed by atoms with Crippen molar-refractivity contribution in [2.45, 2.75) is 56.6 Å². The van der Waals surface area contributed by atoms with Crippen LogP contribution in [-0.2, 0) is 14.8 Å². The molecule has 2 aliphatic heterocycles. The second kappa shape index (κ2) is 8.06. The number of morpholine rings is 1. The van der Waals surface area contributed by atoms with E-state index in [0.717, 1.165) is 25.7 Å². The van der Waals surface area contributed by atoms with Crippen LogP contribution in [-0.4, -0.2) is 61.9 Å². The summed E-state index contributed by atoms with van der Waals surface area (Å²) in [6, 6.07) is 6.36. The molecule has 0 saturated carbocycles. The average Bonchev–Trinajstić information content (AvgIpc) is 2.90. The molecule has 7 heteroatoms. The van der Waals surface area contributed by atoms with Gasteiger partial charge in [0.25, 0.3) is 5.91 Å². The van der Waals surface area contributed by atoms with Crippen LogP contribution < -0.4 is 0 Å². The van der Waals surface area contributed by atoms with E-state index < -0.39 is 10.0 Å². The number of carbonyl (C=O) groups excluding carboxylic acids is 1. The van der Waals surface area contributed by atoms with Gasteiger partial charge < -0.3 is 9.64 Å². The van der Waals surface area contributed by atoms with Crippen molar-refractivity contribution in [1.82, 2.24) is 9.21 Å². The van der Waals surface area contributed by atoms with Gasteiger partial charge in [-0.25, -0.2) is 8.42 Å². The molecule has 2 heterocycles. The fourth-order valence-corrected chi connectivity index (χ4v) is 5.24. The fraction of sp³-hybridized carbons (Fsp3) is 0.632. The normalized spacial score (nSPS) is 25.7. The Kier molecular flexibility index (Phi) is 5.99. The topological polar surface area (TPSA) is 66.9 Å². The summed E-state index contributed by atoms with van der Waals surface area (Å²) in [5.41, 5.74) is 0.515. The largest absolute Gasteiger partial charge is 0.372 e. The number of sulfonamides is 1. The first kappa shape index (κ1) is 19.3. The molecule has 0 spiro atoms. The second-order valence-corrected chi connectivity index (χ2v) is 9.25. The highest BCUT2D eigenvalue weighted by molar-refractivity contribution is 7.89. The molecule has 1 aromatic rings. The van der Waals surface area contributed by atoms with Crippen molar-refractivity contribution in [3.05, 3.63) is 29.8 Å². The summed E-state index contributed by atoms with van der Waals surface area (Å²) in [4.78, 5) is 14.7. The Hall–Kier alpha value is -1.44. The van der Waals surface area contributed by atoms with Crippen molar-refractivity contribution in [1.29, 1.82) is 0 Å². The Morgan fingerprint density at radius 3 is 2.04 bits per heavy atom. The van der Waals surface area contributed by atoms with Crippen molar-refractivity contribution < 1.29 is 17.9 Å². The van der Waals surface area contributed by atoms with Crippen LogP contribution >= 0.6 is 0 Å². The molecule has 1 aromatic carbocycles. The molecule has 6 nitrogen and oxygen atoms in total. The third-order valence-electron chi connectivity index (χ3n) is 5.01. The summed E-state index contributed by atoms with van der Waals surface area (Å²) in [5, 5.41) is 0. The molecule has 0 aromatic heterocycles. The van der Waals surface area contributed by atoms with Gasteiger partial charge in [-0.1, -0.05) is 12.8 Å². The third-order valence-corrected chi connectivity index (χ3v) is 6.92. The molecular weight excluding hydrogens is 352 g/mol. The van der Waals surface area contributed by atoms with E-state index in [1.54, 1.807) is 33.5 Å². The van der Waals surface area contributed by atoms with E-state index in [0.29, 0.717) is 31.7 Å². The quantitative estimate of drug-likeness (QED) is 0.808. The number of amides is 1. The summed E-state index contributed by atoms with van der Waals surface area (Å²) in [5.74, 6) is -0.0780. The van der Waals surface area contributed by atoms with E-state index in [2.05, 4.69) is 0 Å². The Bertz CT molecular complexity index is 714. The smallest absolute Gasteiger partial charge is 0.254 e. The first-order valence-corrected chi connectivity index (χ1v) is 10.9. The predicted molar refractivity (Wildman–Crippen MR) is 99.6 cm³/mol. The molecule has 0 unspecified atom stereocenters. The van der Waals surface area contributed by atoms with Crippen LogP contribution in [0, 0.1) is 0 Å². The van der Waals surface area contributed by atoms with Gasteiger partial charge in [0.15, 0.2) is 0 Å². The first-order chi connectivity index (χ1) is 12.4.